The molecule has 2 atom stereocenters. The summed E-state index contributed by atoms with van der Waals surface area (Å²) in [5.41, 5.74) is 1.79. The van der Waals surface area contributed by atoms with Gasteiger partial charge in [0, 0.05) is 30.8 Å². The second-order valence-electron chi connectivity index (χ2n) is 9.74. The zero-order chi connectivity index (χ0) is 24.7. The van der Waals surface area contributed by atoms with Crippen molar-refractivity contribution in [2.24, 2.45) is 5.92 Å². The van der Waals surface area contributed by atoms with Crippen LogP contribution in [0.15, 0.2) is 10.9 Å². The normalized spacial score (nSPS) is 17.8. The fraction of sp³-hybridized carbons (Fsp3) is 0.760. The number of nitrogens with zero attached hydrogens (tertiary/aromatic N) is 3. The summed E-state index contributed by atoms with van der Waals surface area (Å²) in [7, 11) is 0. The molecule has 34 heavy (non-hydrogen) atoms. The summed E-state index contributed by atoms with van der Waals surface area (Å²) in [5, 5.41) is 7.60. The van der Waals surface area contributed by atoms with E-state index in [2.05, 4.69) is 24.1 Å². The van der Waals surface area contributed by atoms with Crippen LogP contribution in [0.25, 0.3) is 0 Å². The van der Waals surface area contributed by atoms with Crippen molar-refractivity contribution in [1.29, 1.82) is 0 Å². The van der Waals surface area contributed by atoms with E-state index in [4.69, 9.17) is 9.84 Å². The molecule has 3 rings (SSSR count). The number of nitrogens with one attached hydrogen (secondary N) is 1. The molecule has 1 aromatic rings. The van der Waals surface area contributed by atoms with Gasteiger partial charge in [0.1, 0.15) is 6.04 Å². The molecule has 0 aromatic carbocycles. The lowest BCUT2D eigenvalue weighted by Gasteiger charge is -2.31. The SMILES string of the molecule is CCOC(=O)CCNC(=O)C(C(CC(C)C)SC)n1nc(CCN2CCC2)c(C2CC2)cc1=O. The van der Waals surface area contributed by atoms with E-state index in [-0.39, 0.29) is 35.7 Å². The molecule has 2 fully saturated rings. The molecule has 0 radical (unpaired) electrons. The van der Waals surface area contributed by atoms with Crippen LogP contribution in [0.4, 0.5) is 0 Å². The third kappa shape index (κ3) is 7.31. The van der Waals surface area contributed by atoms with Gasteiger partial charge >= 0.3 is 5.97 Å². The number of rotatable bonds is 14. The Labute approximate surface area is 207 Å². The minimum atomic E-state index is -0.733. The van der Waals surface area contributed by atoms with Crippen molar-refractivity contribution in [3.63, 3.8) is 0 Å². The first-order valence-corrected chi connectivity index (χ1v) is 13.9. The molecular formula is C25H40N4O4S. The van der Waals surface area contributed by atoms with Gasteiger partial charge in [0.15, 0.2) is 0 Å². The van der Waals surface area contributed by atoms with Crippen LogP contribution in [-0.2, 0) is 20.7 Å². The Morgan fingerprint density at radius 1 is 1.29 bits per heavy atom. The molecule has 8 nitrogen and oxygen atoms in total. The summed E-state index contributed by atoms with van der Waals surface area (Å²) in [4.78, 5) is 40.8. The summed E-state index contributed by atoms with van der Waals surface area (Å²) >= 11 is 1.59. The average Bonchev–Trinajstić information content (AvgIpc) is 3.59. The van der Waals surface area contributed by atoms with Gasteiger partial charge in [-0.3, -0.25) is 14.4 Å². The Morgan fingerprint density at radius 3 is 2.59 bits per heavy atom. The Kier molecular flexibility index (Phi) is 10.0. The number of carbonyl (C=O) groups is 2. The summed E-state index contributed by atoms with van der Waals surface area (Å²) in [6.45, 7) is 9.63. The summed E-state index contributed by atoms with van der Waals surface area (Å²) in [6, 6.07) is 0.991. The van der Waals surface area contributed by atoms with Gasteiger partial charge in [-0.1, -0.05) is 13.8 Å². The Hall–Kier alpha value is -1.87. The predicted octanol–water partition coefficient (Wildman–Crippen LogP) is 2.76. The number of hydrogen-bond donors (Lipinski definition) is 1. The topological polar surface area (TPSA) is 93.5 Å². The highest BCUT2D eigenvalue weighted by atomic mass is 32.2. The van der Waals surface area contributed by atoms with Crippen molar-refractivity contribution in [3.05, 3.63) is 27.7 Å². The van der Waals surface area contributed by atoms with Crippen molar-refractivity contribution in [3.8, 4) is 0 Å². The van der Waals surface area contributed by atoms with E-state index in [9.17, 15) is 14.4 Å². The Bertz CT molecular complexity index is 895. The van der Waals surface area contributed by atoms with Crippen LogP contribution in [0.3, 0.4) is 0 Å². The van der Waals surface area contributed by atoms with E-state index < -0.39 is 6.04 Å². The van der Waals surface area contributed by atoms with E-state index in [0.29, 0.717) is 18.4 Å². The van der Waals surface area contributed by atoms with Crippen molar-refractivity contribution in [1.82, 2.24) is 20.0 Å². The molecule has 1 saturated heterocycles. The third-order valence-electron chi connectivity index (χ3n) is 6.52. The highest BCUT2D eigenvalue weighted by Crippen LogP contribution is 2.41. The monoisotopic (exact) mass is 492 g/mol. The van der Waals surface area contributed by atoms with Gasteiger partial charge in [-0.15, -0.1) is 0 Å². The predicted molar refractivity (Wildman–Crippen MR) is 135 cm³/mol. The van der Waals surface area contributed by atoms with Gasteiger partial charge in [-0.05, 0) is 69.4 Å². The molecular weight excluding hydrogens is 452 g/mol. The molecule has 2 heterocycles. The van der Waals surface area contributed by atoms with Crippen LogP contribution >= 0.6 is 11.8 Å². The Morgan fingerprint density at radius 2 is 2.03 bits per heavy atom. The molecule has 0 spiro atoms. The molecule has 1 saturated carbocycles. The number of thioether (sulfide) groups is 1. The first kappa shape index (κ1) is 26.7. The van der Waals surface area contributed by atoms with E-state index in [1.54, 1.807) is 24.8 Å². The van der Waals surface area contributed by atoms with Crippen molar-refractivity contribution in [2.45, 2.75) is 76.5 Å². The standard InChI is InChI=1S/C25H40N4O4S/c1-5-33-23(31)9-11-26-25(32)24(21(34-4)15-17(2)3)29-22(30)16-19(18-7-8-18)20(27-29)10-14-28-12-6-13-28/h16-18,21,24H,5-15H2,1-4H3,(H,26,32). The maximum Gasteiger partial charge on any atom is 0.307 e. The number of hydrogen-bond acceptors (Lipinski definition) is 7. The highest BCUT2D eigenvalue weighted by molar-refractivity contribution is 7.99. The van der Waals surface area contributed by atoms with Crippen molar-refractivity contribution >= 4 is 23.6 Å². The maximum absolute atomic E-state index is 13.4. The fourth-order valence-electron chi connectivity index (χ4n) is 4.41. The van der Waals surface area contributed by atoms with Gasteiger partial charge in [-0.2, -0.15) is 16.9 Å². The first-order chi connectivity index (χ1) is 16.3. The molecule has 1 N–H and O–H groups in total. The van der Waals surface area contributed by atoms with Crippen molar-refractivity contribution in [2.75, 3.05) is 39.0 Å². The van der Waals surface area contributed by atoms with Gasteiger partial charge in [-0.25, -0.2) is 4.68 Å². The number of carbonyl (C=O) groups excluding carboxylic acids is 2. The molecule has 0 bridgehead atoms. The second kappa shape index (κ2) is 12.7. The summed E-state index contributed by atoms with van der Waals surface area (Å²) < 4.78 is 6.38. The van der Waals surface area contributed by atoms with Crippen LogP contribution in [0.2, 0.25) is 0 Å². The highest BCUT2D eigenvalue weighted by Gasteiger charge is 2.34. The molecule has 1 aliphatic heterocycles. The Balaban J connectivity index is 1.87. The lowest BCUT2D eigenvalue weighted by molar-refractivity contribution is -0.143. The summed E-state index contributed by atoms with van der Waals surface area (Å²) in [5.74, 6) is 0.164. The molecule has 1 amide bonds. The lowest BCUT2D eigenvalue weighted by atomic mass is 10.0. The molecule has 2 unspecified atom stereocenters. The van der Waals surface area contributed by atoms with Crippen LogP contribution < -0.4 is 10.9 Å². The first-order valence-electron chi connectivity index (χ1n) is 12.6. The largest absolute Gasteiger partial charge is 0.466 e. The second-order valence-corrected chi connectivity index (χ2v) is 10.8. The van der Waals surface area contributed by atoms with Crippen molar-refractivity contribution < 1.29 is 14.3 Å². The van der Waals surface area contributed by atoms with Crippen LogP contribution in [0.1, 0.15) is 76.1 Å². The molecule has 1 aromatic heterocycles. The van der Waals surface area contributed by atoms with E-state index in [0.717, 1.165) is 56.6 Å². The number of likely N-dealkylation sites (tertiary alicyclic amines) is 1. The number of amides is 1. The summed E-state index contributed by atoms with van der Waals surface area (Å²) in [6.07, 6.45) is 7.07. The minimum Gasteiger partial charge on any atom is -0.466 e. The van der Waals surface area contributed by atoms with Gasteiger partial charge in [0.05, 0.1) is 18.7 Å². The number of esters is 1. The smallest absolute Gasteiger partial charge is 0.307 e. The maximum atomic E-state index is 13.4. The zero-order valence-corrected chi connectivity index (χ0v) is 21.9. The van der Waals surface area contributed by atoms with Gasteiger partial charge in [0.2, 0.25) is 5.91 Å². The quantitative estimate of drug-likeness (QED) is 0.399. The molecule has 1 aliphatic carbocycles. The average molecular weight is 493 g/mol. The van der Waals surface area contributed by atoms with Crippen LogP contribution in [-0.4, -0.2) is 70.8 Å². The lowest BCUT2D eigenvalue weighted by Crippen LogP contribution is -2.45. The van der Waals surface area contributed by atoms with Crippen LogP contribution in [0.5, 0.6) is 0 Å². The third-order valence-corrected chi connectivity index (χ3v) is 7.58. The van der Waals surface area contributed by atoms with E-state index in [1.807, 2.05) is 6.26 Å². The fourth-order valence-corrected chi connectivity index (χ4v) is 5.49. The van der Waals surface area contributed by atoms with Crippen LogP contribution in [0, 0.1) is 5.92 Å². The van der Waals surface area contributed by atoms with E-state index in [1.165, 1.54) is 11.1 Å². The van der Waals surface area contributed by atoms with E-state index >= 15 is 0 Å². The minimum absolute atomic E-state index is 0.102. The zero-order valence-electron chi connectivity index (χ0n) is 21.0. The molecule has 9 heteroatoms. The number of ether oxygens (including phenoxy) is 1. The number of aromatic nitrogens is 2. The molecule has 190 valence electrons. The van der Waals surface area contributed by atoms with Gasteiger partial charge in [0.25, 0.3) is 5.56 Å². The molecule has 2 aliphatic rings. The van der Waals surface area contributed by atoms with Gasteiger partial charge < -0.3 is 15.0 Å².